The van der Waals surface area contributed by atoms with E-state index in [4.69, 9.17) is 0 Å². The molecule has 2 aromatic rings. The Morgan fingerprint density at radius 3 is 2.27 bits per heavy atom. The fraction of sp³-hybridized carbons (Fsp3) is 0.480. The maximum Gasteiger partial charge on any atom is 0.113 e. The first-order valence-corrected chi connectivity index (χ1v) is 10.4. The Balaban J connectivity index is 1.58. The van der Waals surface area contributed by atoms with Gasteiger partial charge in [0.25, 0.3) is 0 Å². The van der Waals surface area contributed by atoms with E-state index in [1.165, 1.54) is 49.7 Å². The van der Waals surface area contributed by atoms with E-state index >= 15 is 0 Å². The van der Waals surface area contributed by atoms with Gasteiger partial charge in [0.1, 0.15) is 5.69 Å². The lowest BCUT2D eigenvalue weighted by Crippen LogP contribution is -2.13. The number of pyridine rings is 1. The van der Waals surface area contributed by atoms with E-state index in [1.807, 2.05) is 12.3 Å². The molecule has 1 fully saturated rings. The summed E-state index contributed by atoms with van der Waals surface area (Å²) in [5, 5.41) is 0. The van der Waals surface area contributed by atoms with Gasteiger partial charge in [-0.1, -0.05) is 57.2 Å². The zero-order chi connectivity index (χ0) is 18.2. The van der Waals surface area contributed by atoms with Crippen LogP contribution in [-0.4, -0.2) is 4.98 Å². The molecule has 1 aliphatic carbocycles. The second-order valence-electron chi connectivity index (χ2n) is 7.68. The van der Waals surface area contributed by atoms with Crippen molar-refractivity contribution in [2.24, 2.45) is 5.92 Å². The van der Waals surface area contributed by atoms with Crippen LogP contribution in [0.15, 0.2) is 42.6 Å². The third kappa shape index (κ3) is 5.21. The Bertz CT molecular complexity index is 722. The molecule has 1 saturated carbocycles. The Hall–Kier alpha value is -2.07. The number of nitrogens with zero attached hydrogens (tertiary/aromatic N) is 1. The molecule has 0 saturated heterocycles. The molecule has 1 nitrogen and oxygen atoms in total. The highest BCUT2D eigenvalue weighted by Gasteiger charge is 2.21. The normalized spacial score (nSPS) is 19.6. The summed E-state index contributed by atoms with van der Waals surface area (Å²) < 4.78 is 0. The minimum absolute atomic E-state index is 0.748. The Labute approximate surface area is 159 Å². The van der Waals surface area contributed by atoms with Crippen LogP contribution < -0.4 is 0 Å². The molecule has 1 heteroatoms. The summed E-state index contributed by atoms with van der Waals surface area (Å²) >= 11 is 0. The summed E-state index contributed by atoms with van der Waals surface area (Å²) in [4.78, 5) is 4.45. The van der Waals surface area contributed by atoms with E-state index in [0.717, 1.165) is 35.9 Å². The van der Waals surface area contributed by atoms with Crippen molar-refractivity contribution in [2.75, 3.05) is 0 Å². The summed E-state index contributed by atoms with van der Waals surface area (Å²) in [6.45, 7) is 4.50. The van der Waals surface area contributed by atoms with Crippen LogP contribution in [0.1, 0.15) is 87.1 Å². The molecule has 1 aliphatic rings. The molecule has 0 unspecified atom stereocenters. The van der Waals surface area contributed by atoms with Gasteiger partial charge in [-0.2, -0.15) is 0 Å². The topological polar surface area (TPSA) is 12.9 Å². The molecule has 1 heterocycles. The quantitative estimate of drug-likeness (QED) is 0.563. The predicted octanol–water partition coefficient (Wildman–Crippen LogP) is 6.51. The van der Waals surface area contributed by atoms with Crippen LogP contribution in [0.3, 0.4) is 0 Å². The first-order chi connectivity index (χ1) is 12.8. The summed E-state index contributed by atoms with van der Waals surface area (Å²) in [5.41, 5.74) is 4.71. The maximum absolute atomic E-state index is 4.45. The van der Waals surface area contributed by atoms with Crippen molar-refractivity contribution >= 4 is 0 Å². The highest BCUT2D eigenvalue weighted by Crippen LogP contribution is 2.37. The molecule has 26 heavy (non-hydrogen) atoms. The van der Waals surface area contributed by atoms with Crippen LogP contribution in [-0.2, 0) is 6.42 Å². The molecule has 0 bridgehead atoms. The van der Waals surface area contributed by atoms with Gasteiger partial charge >= 0.3 is 0 Å². The lowest BCUT2D eigenvalue weighted by atomic mass is 9.77. The fourth-order valence-electron chi connectivity index (χ4n) is 4.10. The van der Waals surface area contributed by atoms with Gasteiger partial charge in [0, 0.05) is 11.8 Å². The Morgan fingerprint density at radius 2 is 1.65 bits per heavy atom. The van der Waals surface area contributed by atoms with E-state index < -0.39 is 0 Å². The number of hydrogen-bond acceptors (Lipinski definition) is 1. The molecule has 1 aromatic carbocycles. The average Bonchev–Trinajstić information content (AvgIpc) is 2.69. The van der Waals surface area contributed by atoms with Gasteiger partial charge in [-0.15, -0.1) is 0 Å². The zero-order valence-corrected chi connectivity index (χ0v) is 16.3. The average molecular weight is 346 g/mol. The van der Waals surface area contributed by atoms with Gasteiger partial charge in [-0.3, -0.25) is 0 Å². The summed E-state index contributed by atoms with van der Waals surface area (Å²) in [7, 11) is 0. The van der Waals surface area contributed by atoms with Gasteiger partial charge in [-0.25, -0.2) is 4.98 Å². The van der Waals surface area contributed by atoms with Crippen molar-refractivity contribution < 1.29 is 0 Å². The number of aromatic nitrogens is 1. The third-order valence-corrected chi connectivity index (χ3v) is 5.62. The van der Waals surface area contributed by atoms with Crippen LogP contribution in [0.4, 0.5) is 0 Å². The molecule has 0 radical (unpaired) electrons. The van der Waals surface area contributed by atoms with Gasteiger partial charge in [-0.05, 0) is 79.2 Å². The maximum atomic E-state index is 4.45. The van der Waals surface area contributed by atoms with Crippen LogP contribution in [0.5, 0.6) is 0 Å². The number of aryl methyl sites for hydroxylation is 1. The van der Waals surface area contributed by atoms with E-state index in [0.29, 0.717) is 0 Å². The lowest BCUT2D eigenvalue weighted by Gasteiger charge is -2.28. The summed E-state index contributed by atoms with van der Waals surface area (Å²) in [6, 6.07) is 13.1. The minimum Gasteiger partial charge on any atom is -0.248 e. The standard InChI is InChI=1S/C25H31N/c1-3-5-20-7-13-23(14-8-20)24-15-9-21(10-16-24)11-17-25-18-12-22(6-4-2)19-26-25/h9-10,12,15-16,18-20,23H,3-8,13-14H2,1-2H3. The smallest absolute Gasteiger partial charge is 0.113 e. The highest BCUT2D eigenvalue weighted by atomic mass is 14.7. The van der Waals surface area contributed by atoms with Crippen LogP contribution in [0.25, 0.3) is 0 Å². The van der Waals surface area contributed by atoms with E-state index in [-0.39, 0.29) is 0 Å². The zero-order valence-electron chi connectivity index (χ0n) is 16.3. The van der Waals surface area contributed by atoms with Crippen molar-refractivity contribution in [1.82, 2.24) is 4.98 Å². The lowest BCUT2D eigenvalue weighted by molar-refractivity contribution is 0.308. The molecule has 0 spiro atoms. The van der Waals surface area contributed by atoms with Gasteiger partial charge in [0.15, 0.2) is 0 Å². The Morgan fingerprint density at radius 1 is 0.885 bits per heavy atom. The second kappa shape index (κ2) is 9.58. The van der Waals surface area contributed by atoms with Crippen molar-refractivity contribution in [3.8, 4) is 11.8 Å². The molecular formula is C25H31N. The summed E-state index contributed by atoms with van der Waals surface area (Å²) in [6.07, 6.45) is 12.4. The monoisotopic (exact) mass is 345 g/mol. The Kier molecular flexibility index (Phi) is 6.89. The van der Waals surface area contributed by atoms with Crippen LogP contribution in [0, 0.1) is 17.8 Å². The van der Waals surface area contributed by atoms with E-state index in [2.05, 4.69) is 61.0 Å². The molecule has 0 N–H and O–H groups in total. The third-order valence-electron chi connectivity index (χ3n) is 5.62. The van der Waals surface area contributed by atoms with Crippen LogP contribution >= 0.6 is 0 Å². The molecule has 0 aliphatic heterocycles. The molecule has 136 valence electrons. The fourth-order valence-corrected chi connectivity index (χ4v) is 4.10. The molecule has 0 amide bonds. The SMILES string of the molecule is CCCc1ccc(C#Cc2ccc(C3CCC(CCC)CC3)cc2)nc1. The molecule has 1 aromatic heterocycles. The number of hydrogen-bond donors (Lipinski definition) is 0. The summed E-state index contributed by atoms with van der Waals surface area (Å²) in [5.74, 6) is 8.16. The molecule has 0 atom stereocenters. The number of rotatable bonds is 5. The van der Waals surface area contributed by atoms with Crippen molar-refractivity contribution in [1.29, 1.82) is 0 Å². The van der Waals surface area contributed by atoms with Crippen LogP contribution in [0.2, 0.25) is 0 Å². The van der Waals surface area contributed by atoms with E-state index in [1.54, 1.807) is 0 Å². The van der Waals surface area contributed by atoms with E-state index in [9.17, 15) is 0 Å². The predicted molar refractivity (Wildman–Crippen MR) is 110 cm³/mol. The van der Waals surface area contributed by atoms with Gasteiger partial charge < -0.3 is 0 Å². The minimum atomic E-state index is 0.748. The second-order valence-corrected chi connectivity index (χ2v) is 7.68. The largest absolute Gasteiger partial charge is 0.248 e. The molecule has 3 rings (SSSR count). The molecular weight excluding hydrogens is 314 g/mol. The van der Waals surface area contributed by atoms with Gasteiger partial charge in [0.2, 0.25) is 0 Å². The van der Waals surface area contributed by atoms with Gasteiger partial charge in [0.05, 0.1) is 0 Å². The van der Waals surface area contributed by atoms with Crippen molar-refractivity contribution in [2.45, 2.75) is 71.1 Å². The highest BCUT2D eigenvalue weighted by molar-refractivity contribution is 5.41. The number of benzene rings is 1. The first-order valence-electron chi connectivity index (χ1n) is 10.4. The first kappa shape index (κ1) is 18.7. The van der Waals surface area contributed by atoms with Crippen molar-refractivity contribution in [3.05, 3.63) is 65.0 Å². The van der Waals surface area contributed by atoms with Crippen molar-refractivity contribution in [3.63, 3.8) is 0 Å².